The van der Waals surface area contributed by atoms with E-state index in [1.807, 2.05) is 0 Å². The Morgan fingerprint density at radius 1 is 1.38 bits per heavy atom. The number of carbonyl (C=O) groups excluding carboxylic acids is 1. The standard InChI is InChI=1S/C12H17N3O6/c1-20-7-5-15-10(16)3-2-9(14-15)12(19)13-4-6-21-8-11(17)18/h2-3H,4-8H2,1H3,(H,13,19)(H,17,18). The highest BCUT2D eigenvalue weighted by Gasteiger charge is 2.09. The zero-order valence-electron chi connectivity index (χ0n) is 11.6. The molecule has 0 fully saturated rings. The third-order valence-corrected chi connectivity index (χ3v) is 2.36. The Morgan fingerprint density at radius 3 is 2.81 bits per heavy atom. The van der Waals surface area contributed by atoms with E-state index < -0.39 is 18.5 Å². The molecule has 1 aromatic heterocycles. The average molecular weight is 299 g/mol. The quantitative estimate of drug-likeness (QED) is 0.545. The molecule has 0 saturated heterocycles. The van der Waals surface area contributed by atoms with Crippen LogP contribution >= 0.6 is 0 Å². The van der Waals surface area contributed by atoms with E-state index in [0.29, 0.717) is 6.61 Å². The van der Waals surface area contributed by atoms with Gasteiger partial charge in [-0.2, -0.15) is 5.10 Å². The first-order valence-electron chi connectivity index (χ1n) is 6.19. The molecule has 0 aliphatic carbocycles. The Morgan fingerprint density at radius 2 is 2.14 bits per heavy atom. The maximum atomic E-state index is 11.8. The second-order valence-electron chi connectivity index (χ2n) is 3.97. The summed E-state index contributed by atoms with van der Waals surface area (Å²) in [6.07, 6.45) is 0. The maximum Gasteiger partial charge on any atom is 0.329 e. The second kappa shape index (κ2) is 8.82. The Hall–Kier alpha value is -2.26. The molecule has 1 amide bonds. The highest BCUT2D eigenvalue weighted by molar-refractivity contribution is 5.91. The summed E-state index contributed by atoms with van der Waals surface area (Å²) in [5.41, 5.74) is -0.239. The van der Waals surface area contributed by atoms with Gasteiger partial charge in [-0.1, -0.05) is 0 Å². The van der Waals surface area contributed by atoms with Gasteiger partial charge in [-0.25, -0.2) is 9.48 Å². The van der Waals surface area contributed by atoms with Crippen LogP contribution in [0, 0.1) is 0 Å². The van der Waals surface area contributed by atoms with Crippen LogP contribution in [0.25, 0.3) is 0 Å². The summed E-state index contributed by atoms with van der Waals surface area (Å²) in [6.45, 7) is 0.349. The van der Waals surface area contributed by atoms with Gasteiger partial charge in [0.25, 0.3) is 11.5 Å². The Bertz CT molecular complexity index is 542. The number of carboxylic acids is 1. The molecule has 116 valence electrons. The molecule has 1 aromatic rings. The predicted octanol–water partition coefficient (Wildman–Crippen LogP) is -1.28. The lowest BCUT2D eigenvalue weighted by molar-refractivity contribution is -0.142. The van der Waals surface area contributed by atoms with E-state index in [-0.39, 0.29) is 30.9 Å². The fourth-order valence-electron chi connectivity index (χ4n) is 1.39. The average Bonchev–Trinajstić information content (AvgIpc) is 2.45. The topological polar surface area (TPSA) is 120 Å². The molecule has 9 heteroatoms. The van der Waals surface area contributed by atoms with Crippen LogP contribution in [0.5, 0.6) is 0 Å². The van der Waals surface area contributed by atoms with Crippen LogP contribution in [0.1, 0.15) is 10.5 Å². The first-order chi connectivity index (χ1) is 10.0. The molecule has 2 N–H and O–H groups in total. The highest BCUT2D eigenvalue weighted by atomic mass is 16.5. The van der Waals surface area contributed by atoms with Crippen molar-refractivity contribution in [2.75, 3.05) is 33.5 Å². The van der Waals surface area contributed by atoms with Gasteiger partial charge in [-0.15, -0.1) is 0 Å². The molecule has 0 radical (unpaired) electrons. The number of rotatable bonds is 9. The number of ether oxygens (including phenoxy) is 2. The Labute approximate surface area is 120 Å². The first kappa shape index (κ1) is 16.8. The summed E-state index contributed by atoms with van der Waals surface area (Å²) in [6, 6.07) is 2.57. The molecule has 0 spiro atoms. The number of carboxylic acid groups (broad SMARTS) is 1. The summed E-state index contributed by atoms with van der Waals surface area (Å²) in [5, 5.41) is 14.8. The monoisotopic (exact) mass is 299 g/mol. The van der Waals surface area contributed by atoms with Gasteiger partial charge in [0.1, 0.15) is 12.3 Å². The van der Waals surface area contributed by atoms with Gasteiger partial charge < -0.3 is 19.9 Å². The molecule has 1 rings (SSSR count). The van der Waals surface area contributed by atoms with Crippen LogP contribution in [0.15, 0.2) is 16.9 Å². The third-order valence-electron chi connectivity index (χ3n) is 2.36. The van der Waals surface area contributed by atoms with Crippen LogP contribution in [-0.4, -0.2) is 60.2 Å². The molecule has 1 heterocycles. The SMILES string of the molecule is COCCn1nc(C(=O)NCCOCC(=O)O)ccc1=O. The lowest BCUT2D eigenvalue weighted by Gasteiger charge is -2.07. The first-order valence-corrected chi connectivity index (χ1v) is 6.19. The number of aromatic nitrogens is 2. The van der Waals surface area contributed by atoms with Gasteiger partial charge in [0.15, 0.2) is 0 Å². The minimum atomic E-state index is -1.08. The predicted molar refractivity (Wildman–Crippen MR) is 71.2 cm³/mol. The van der Waals surface area contributed by atoms with Crippen molar-refractivity contribution >= 4 is 11.9 Å². The van der Waals surface area contributed by atoms with Crippen LogP contribution in [0.2, 0.25) is 0 Å². The minimum absolute atomic E-state index is 0.0708. The smallest absolute Gasteiger partial charge is 0.329 e. The third kappa shape index (κ3) is 6.15. The van der Waals surface area contributed by atoms with Gasteiger partial charge in [0, 0.05) is 19.7 Å². The van der Waals surface area contributed by atoms with E-state index >= 15 is 0 Å². The lowest BCUT2D eigenvalue weighted by atomic mass is 10.3. The van der Waals surface area contributed by atoms with Gasteiger partial charge in [0.2, 0.25) is 0 Å². The van der Waals surface area contributed by atoms with Gasteiger partial charge in [-0.3, -0.25) is 9.59 Å². The molecular formula is C12H17N3O6. The molecule has 0 unspecified atom stereocenters. The number of methoxy groups -OCH3 is 1. The van der Waals surface area contributed by atoms with E-state index in [2.05, 4.69) is 10.4 Å². The molecule has 0 bridgehead atoms. The largest absolute Gasteiger partial charge is 0.480 e. The van der Waals surface area contributed by atoms with Crippen molar-refractivity contribution in [1.82, 2.24) is 15.1 Å². The number of nitrogens with zero attached hydrogens (tertiary/aromatic N) is 2. The fraction of sp³-hybridized carbons (Fsp3) is 0.500. The molecule has 0 aliphatic heterocycles. The molecule has 0 aromatic carbocycles. The van der Waals surface area contributed by atoms with Gasteiger partial charge >= 0.3 is 5.97 Å². The van der Waals surface area contributed by atoms with E-state index in [0.717, 1.165) is 4.68 Å². The number of aliphatic carboxylic acids is 1. The molecule has 21 heavy (non-hydrogen) atoms. The highest BCUT2D eigenvalue weighted by Crippen LogP contribution is 1.91. The van der Waals surface area contributed by atoms with Crippen molar-refractivity contribution < 1.29 is 24.2 Å². The molecule has 0 atom stereocenters. The normalized spacial score (nSPS) is 10.3. The lowest BCUT2D eigenvalue weighted by Crippen LogP contribution is -2.32. The summed E-state index contributed by atoms with van der Waals surface area (Å²) in [7, 11) is 1.50. The van der Waals surface area contributed by atoms with Crippen LogP contribution in [0.3, 0.4) is 0 Å². The van der Waals surface area contributed by atoms with Crippen molar-refractivity contribution in [2.45, 2.75) is 6.54 Å². The molecular weight excluding hydrogens is 282 g/mol. The zero-order valence-corrected chi connectivity index (χ0v) is 11.6. The van der Waals surface area contributed by atoms with E-state index in [1.54, 1.807) is 0 Å². The maximum absolute atomic E-state index is 11.8. The fourth-order valence-corrected chi connectivity index (χ4v) is 1.39. The summed E-state index contributed by atoms with van der Waals surface area (Å²) in [4.78, 5) is 33.5. The number of amides is 1. The number of hydrogen-bond donors (Lipinski definition) is 2. The van der Waals surface area contributed by atoms with Crippen molar-refractivity contribution in [3.63, 3.8) is 0 Å². The van der Waals surface area contributed by atoms with Crippen molar-refractivity contribution in [2.24, 2.45) is 0 Å². The Balaban J connectivity index is 2.50. The summed E-state index contributed by atoms with van der Waals surface area (Å²) >= 11 is 0. The van der Waals surface area contributed by atoms with E-state index in [1.165, 1.54) is 19.2 Å². The number of carbonyl (C=O) groups is 2. The van der Waals surface area contributed by atoms with E-state index in [9.17, 15) is 14.4 Å². The van der Waals surface area contributed by atoms with Crippen LogP contribution in [-0.2, 0) is 20.8 Å². The Kier molecular flexibility index (Phi) is 7.05. The summed E-state index contributed by atoms with van der Waals surface area (Å²) < 4.78 is 10.8. The molecule has 9 nitrogen and oxygen atoms in total. The molecule has 0 saturated carbocycles. The zero-order chi connectivity index (χ0) is 15.7. The van der Waals surface area contributed by atoms with Crippen molar-refractivity contribution in [3.8, 4) is 0 Å². The van der Waals surface area contributed by atoms with Crippen LogP contribution in [0.4, 0.5) is 0 Å². The summed E-state index contributed by atoms with van der Waals surface area (Å²) in [5.74, 6) is -1.55. The minimum Gasteiger partial charge on any atom is -0.480 e. The van der Waals surface area contributed by atoms with Gasteiger partial charge in [0.05, 0.1) is 19.8 Å². The van der Waals surface area contributed by atoms with Gasteiger partial charge in [-0.05, 0) is 6.07 Å². The van der Waals surface area contributed by atoms with Crippen molar-refractivity contribution in [3.05, 3.63) is 28.2 Å². The number of hydrogen-bond acceptors (Lipinski definition) is 6. The second-order valence-corrected chi connectivity index (χ2v) is 3.97. The van der Waals surface area contributed by atoms with Crippen molar-refractivity contribution in [1.29, 1.82) is 0 Å². The number of nitrogens with one attached hydrogen (secondary N) is 1. The molecule has 0 aliphatic rings. The van der Waals surface area contributed by atoms with E-state index in [4.69, 9.17) is 14.6 Å². The van der Waals surface area contributed by atoms with Crippen LogP contribution < -0.4 is 10.9 Å².